The lowest BCUT2D eigenvalue weighted by atomic mass is 10.1. The van der Waals surface area contributed by atoms with Crippen LogP contribution in [0, 0.1) is 6.92 Å². The Labute approximate surface area is 168 Å². The van der Waals surface area contributed by atoms with Crippen molar-refractivity contribution in [3.8, 4) is 0 Å². The van der Waals surface area contributed by atoms with E-state index in [0.29, 0.717) is 5.56 Å². The Hall–Kier alpha value is -2.77. The summed E-state index contributed by atoms with van der Waals surface area (Å²) in [5.74, 6) is -0.824. The Kier molecular flexibility index (Phi) is 6.06. The zero-order valence-electron chi connectivity index (χ0n) is 15.1. The van der Waals surface area contributed by atoms with Gasteiger partial charge in [-0.15, -0.1) is 0 Å². The van der Waals surface area contributed by atoms with Crippen LogP contribution < -0.4 is 5.32 Å². The summed E-state index contributed by atoms with van der Waals surface area (Å²) in [4.78, 5) is 20.2. The minimum Gasteiger partial charge on any atom is -0.347 e. The zero-order chi connectivity index (χ0) is 20.1. The molecule has 0 spiro atoms. The predicted octanol–water partition coefficient (Wildman–Crippen LogP) is 3.34. The number of benzene rings is 2. The van der Waals surface area contributed by atoms with E-state index in [0.717, 1.165) is 17.3 Å². The summed E-state index contributed by atoms with van der Waals surface area (Å²) in [6.45, 7) is 2.10. The van der Waals surface area contributed by atoms with Gasteiger partial charge in [-0.3, -0.25) is 4.79 Å². The number of hydrogen-bond acceptors (Lipinski definition) is 5. The van der Waals surface area contributed by atoms with Crippen molar-refractivity contribution in [1.82, 2.24) is 15.3 Å². The second-order valence-corrected chi connectivity index (χ2v) is 8.49. The number of nitrogens with one attached hydrogen (secondary N) is 1. The monoisotopic (exact) mass is 415 g/mol. The van der Waals surface area contributed by atoms with Gasteiger partial charge in [0.1, 0.15) is 0 Å². The molecule has 1 aromatic heterocycles. The van der Waals surface area contributed by atoms with Crippen LogP contribution in [0.3, 0.4) is 0 Å². The van der Waals surface area contributed by atoms with E-state index in [1.807, 2.05) is 49.4 Å². The van der Waals surface area contributed by atoms with Crippen LogP contribution in [-0.2, 0) is 22.1 Å². The van der Waals surface area contributed by atoms with Gasteiger partial charge < -0.3 is 5.32 Å². The maximum Gasteiger partial charge on any atom is 0.271 e. The highest BCUT2D eigenvalue weighted by molar-refractivity contribution is 7.90. The molecule has 3 aromatic rings. The molecule has 0 radical (unpaired) electrons. The van der Waals surface area contributed by atoms with Crippen LogP contribution in [0.5, 0.6) is 0 Å². The number of carbonyl (C=O) groups is 1. The van der Waals surface area contributed by atoms with Gasteiger partial charge in [-0.25, -0.2) is 18.4 Å². The van der Waals surface area contributed by atoms with Gasteiger partial charge in [0.25, 0.3) is 5.91 Å². The maximum absolute atomic E-state index is 12.7. The van der Waals surface area contributed by atoms with Crippen molar-refractivity contribution < 1.29 is 13.2 Å². The van der Waals surface area contributed by atoms with Crippen LogP contribution in [0.15, 0.2) is 66.0 Å². The summed E-state index contributed by atoms with van der Waals surface area (Å²) in [7, 11) is -3.84. The molecule has 2 aromatic carbocycles. The van der Waals surface area contributed by atoms with E-state index in [2.05, 4.69) is 15.3 Å². The third-order valence-corrected chi connectivity index (χ3v) is 5.84. The molecule has 0 bridgehead atoms. The van der Waals surface area contributed by atoms with Crippen molar-refractivity contribution in [3.05, 3.63) is 88.2 Å². The molecule has 0 saturated carbocycles. The standard InChI is InChI=1S/C20H18ClN3O3S/c1-14-7-5-6-10-16(14)13-28(26,27)20-23-12-17(21)18(24-20)19(25)22-11-15-8-3-2-4-9-15/h2-10,12H,11,13H2,1H3,(H,22,25). The Bertz CT molecular complexity index is 1100. The van der Waals surface area contributed by atoms with Crippen LogP contribution >= 0.6 is 11.6 Å². The summed E-state index contributed by atoms with van der Waals surface area (Å²) in [6.07, 6.45) is 1.14. The number of aryl methyl sites for hydroxylation is 1. The normalized spacial score (nSPS) is 11.2. The molecular formula is C20H18ClN3O3S. The second kappa shape index (κ2) is 8.50. The van der Waals surface area contributed by atoms with E-state index in [1.165, 1.54) is 0 Å². The minimum atomic E-state index is -3.84. The highest BCUT2D eigenvalue weighted by Gasteiger charge is 2.23. The SMILES string of the molecule is Cc1ccccc1CS(=O)(=O)c1ncc(Cl)c(C(=O)NCc2ccccc2)n1. The topological polar surface area (TPSA) is 89.0 Å². The van der Waals surface area contributed by atoms with Gasteiger partial charge in [-0.05, 0) is 23.6 Å². The molecule has 28 heavy (non-hydrogen) atoms. The maximum atomic E-state index is 12.7. The Balaban J connectivity index is 1.82. The van der Waals surface area contributed by atoms with Crippen molar-refractivity contribution >= 4 is 27.3 Å². The summed E-state index contributed by atoms with van der Waals surface area (Å²) in [5, 5.41) is 2.25. The van der Waals surface area contributed by atoms with Crippen LogP contribution in [-0.4, -0.2) is 24.3 Å². The summed E-state index contributed by atoms with van der Waals surface area (Å²) in [5.41, 5.74) is 2.22. The van der Waals surface area contributed by atoms with Crippen LogP contribution in [0.1, 0.15) is 27.2 Å². The quantitative estimate of drug-likeness (QED) is 0.623. The average Bonchev–Trinajstić information content (AvgIpc) is 2.69. The lowest BCUT2D eigenvalue weighted by Gasteiger charge is -2.09. The predicted molar refractivity (Wildman–Crippen MR) is 107 cm³/mol. The van der Waals surface area contributed by atoms with Crippen molar-refractivity contribution in [3.63, 3.8) is 0 Å². The fourth-order valence-electron chi connectivity index (χ4n) is 2.56. The molecule has 3 rings (SSSR count). The van der Waals surface area contributed by atoms with Crippen LogP contribution in [0.2, 0.25) is 5.02 Å². The molecule has 0 aliphatic carbocycles. The van der Waals surface area contributed by atoms with Gasteiger partial charge in [0, 0.05) is 6.54 Å². The number of carbonyl (C=O) groups excluding carboxylic acids is 1. The molecule has 0 aliphatic heterocycles. The van der Waals surface area contributed by atoms with Crippen molar-refractivity contribution in [2.24, 2.45) is 0 Å². The highest BCUT2D eigenvalue weighted by Crippen LogP contribution is 2.19. The average molecular weight is 416 g/mol. The Morgan fingerprint density at radius 2 is 1.75 bits per heavy atom. The first kappa shape index (κ1) is 20.0. The first-order valence-corrected chi connectivity index (χ1v) is 10.5. The first-order valence-electron chi connectivity index (χ1n) is 8.49. The van der Waals surface area contributed by atoms with Crippen LogP contribution in [0.25, 0.3) is 0 Å². The molecule has 8 heteroatoms. The highest BCUT2D eigenvalue weighted by atomic mass is 35.5. The number of halogens is 1. The molecule has 0 atom stereocenters. The molecule has 1 heterocycles. The summed E-state index contributed by atoms with van der Waals surface area (Å²) in [6, 6.07) is 16.5. The number of rotatable bonds is 6. The zero-order valence-corrected chi connectivity index (χ0v) is 16.7. The largest absolute Gasteiger partial charge is 0.347 e. The number of hydrogen-bond donors (Lipinski definition) is 1. The van der Waals surface area contributed by atoms with Crippen molar-refractivity contribution in [1.29, 1.82) is 0 Å². The fraction of sp³-hybridized carbons (Fsp3) is 0.150. The first-order chi connectivity index (χ1) is 13.4. The lowest BCUT2D eigenvalue weighted by Crippen LogP contribution is -2.25. The van der Waals surface area contributed by atoms with Gasteiger partial charge in [0.05, 0.1) is 17.0 Å². The second-order valence-electron chi connectivity index (χ2n) is 6.20. The van der Waals surface area contributed by atoms with E-state index in [9.17, 15) is 13.2 Å². The molecule has 1 N–H and O–H groups in total. The van der Waals surface area contributed by atoms with E-state index in [-0.39, 0.29) is 23.0 Å². The van der Waals surface area contributed by atoms with Gasteiger partial charge in [-0.1, -0.05) is 66.2 Å². The fourth-order valence-corrected chi connectivity index (χ4v) is 4.05. The molecular weight excluding hydrogens is 398 g/mol. The van der Waals surface area contributed by atoms with E-state index in [1.54, 1.807) is 12.1 Å². The van der Waals surface area contributed by atoms with Crippen LogP contribution in [0.4, 0.5) is 0 Å². The molecule has 0 aliphatic rings. The third kappa shape index (κ3) is 4.74. The van der Waals surface area contributed by atoms with Gasteiger partial charge in [0.2, 0.25) is 15.0 Å². The smallest absolute Gasteiger partial charge is 0.271 e. The van der Waals surface area contributed by atoms with E-state index >= 15 is 0 Å². The van der Waals surface area contributed by atoms with Gasteiger partial charge in [-0.2, -0.15) is 0 Å². The van der Waals surface area contributed by atoms with Crippen molar-refractivity contribution in [2.45, 2.75) is 24.4 Å². The minimum absolute atomic E-state index is 0.0135. The summed E-state index contributed by atoms with van der Waals surface area (Å²) < 4.78 is 25.4. The Morgan fingerprint density at radius 3 is 2.46 bits per heavy atom. The molecule has 0 unspecified atom stereocenters. The third-order valence-electron chi connectivity index (χ3n) is 4.12. The number of nitrogens with zero attached hydrogens (tertiary/aromatic N) is 2. The van der Waals surface area contributed by atoms with E-state index < -0.39 is 20.9 Å². The van der Waals surface area contributed by atoms with Gasteiger partial charge in [0.15, 0.2) is 5.69 Å². The lowest BCUT2D eigenvalue weighted by molar-refractivity contribution is 0.0945. The number of amides is 1. The molecule has 6 nitrogen and oxygen atoms in total. The molecule has 144 valence electrons. The molecule has 0 saturated heterocycles. The van der Waals surface area contributed by atoms with Crippen molar-refractivity contribution in [2.75, 3.05) is 0 Å². The van der Waals surface area contributed by atoms with Gasteiger partial charge >= 0.3 is 0 Å². The Morgan fingerprint density at radius 1 is 1.07 bits per heavy atom. The number of sulfone groups is 1. The molecule has 0 fully saturated rings. The van der Waals surface area contributed by atoms with E-state index in [4.69, 9.17) is 11.6 Å². The summed E-state index contributed by atoms with van der Waals surface area (Å²) >= 11 is 6.03. The number of aromatic nitrogens is 2. The molecule has 1 amide bonds.